The summed E-state index contributed by atoms with van der Waals surface area (Å²) in [7, 11) is 0. The van der Waals surface area contributed by atoms with E-state index >= 15 is 0 Å². The normalized spacial score (nSPS) is 26.7. The van der Waals surface area contributed by atoms with Gasteiger partial charge in [0.15, 0.2) is 0 Å². The van der Waals surface area contributed by atoms with E-state index in [0.29, 0.717) is 17.9 Å². The van der Waals surface area contributed by atoms with Crippen molar-refractivity contribution in [3.05, 3.63) is 29.8 Å². The van der Waals surface area contributed by atoms with Gasteiger partial charge in [-0.3, -0.25) is 4.79 Å². The van der Waals surface area contributed by atoms with E-state index in [1.54, 1.807) is 24.3 Å². The number of fused-ring (bicyclic) bond motifs is 2. The lowest BCUT2D eigenvalue weighted by molar-refractivity contribution is -0.314. The predicted molar refractivity (Wildman–Crippen MR) is 93.0 cm³/mol. The third-order valence-corrected chi connectivity index (χ3v) is 5.43. The molecule has 4 atom stereocenters. The lowest BCUT2D eigenvalue weighted by atomic mass is 9.78. The minimum atomic E-state index is -1.12. The quantitative estimate of drug-likeness (QED) is 0.783. The Hall–Kier alpha value is -2.37. The zero-order chi connectivity index (χ0) is 18.8. The molecular formula is C20H24NO5-. The molecule has 1 aromatic carbocycles. The predicted octanol–water partition coefficient (Wildman–Crippen LogP) is 1.85. The highest BCUT2D eigenvalue weighted by Crippen LogP contribution is 2.52. The molecule has 0 aromatic heterocycles. The molecule has 0 heterocycles. The van der Waals surface area contributed by atoms with Crippen LogP contribution >= 0.6 is 0 Å². The molecule has 3 rings (SSSR count). The molecule has 6 heteroatoms. The molecule has 2 fully saturated rings. The summed E-state index contributed by atoms with van der Waals surface area (Å²) in [5.74, 6) is -2.60. The van der Waals surface area contributed by atoms with Crippen molar-refractivity contribution in [2.75, 3.05) is 11.9 Å². The number of anilines is 1. The van der Waals surface area contributed by atoms with Gasteiger partial charge in [0.2, 0.25) is 5.91 Å². The zero-order valence-electron chi connectivity index (χ0n) is 15.1. The van der Waals surface area contributed by atoms with Crippen LogP contribution in [0.3, 0.4) is 0 Å². The third-order valence-electron chi connectivity index (χ3n) is 5.43. The van der Waals surface area contributed by atoms with Gasteiger partial charge in [0.05, 0.1) is 12.2 Å². The Morgan fingerprint density at radius 1 is 1.12 bits per heavy atom. The molecule has 2 aliphatic carbocycles. The van der Waals surface area contributed by atoms with E-state index < -0.39 is 23.8 Å². The summed E-state index contributed by atoms with van der Waals surface area (Å²) < 4.78 is 5.17. The fourth-order valence-electron chi connectivity index (χ4n) is 4.25. The summed E-state index contributed by atoms with van der Waals surface area (Å²) in [6.45, 7) is 4.27. The second-order valence-corrected chi connectivity index (χ2v) is 7.76. The van der Waals surface area contributed by atoms with Crippen molar-refractivity contribution in [3.63, 3.8) is 0 Å². The van der Waals surface area contributed by atoms with Crippen LogP contribution in [0.25, 0.3) is 0 Å². The van der Waals surface area contributed by atoms with Crippen molar-refractivity contribution >= 4 is 23.5 Å². The number of nitrogens with one attached hydrogen (secondary N) is 1. The standard InChI is InChI=1S/C20H25NO5/c1-11(2)10-26-20(25)12-5-7-15(8-6-12)21-18(22)16-13-3-4-14(9-13)17(16)19(23)24/h5-8,11,13-14,16-17H,3-4,9-10H2,1-2H3,(H,21,22)(H,23,24)/p-1/t13-,14-,16-,17-/m0/s1. The number of benzene rings is 1. The first-order chi connectivity index (χ1) is 12.4. The number of esters is 1. The molecule has 2 saturated carbocycles. The van der Waals surface area contributed by atoms with Gasteiger partial charge < -0.3 is 20.0 Å². The Bertz CT molecular complexity index is 697. The van der Waals surface area contributed by atoms with Crippen LogP contribution in [0.4, 0.5) is 5.69 Å². The second-order valence-electron chi connectivity index (χ2n) is 7.76. The van der Waals surface area contributed by atoms with Crippen molar-refractivity contribution in [3.8, 4) is 0 Å². The van der Waals surface area contributed by atoms with Gasteiger partial charge in [-0.2, -0.15) is 0 Å². The Balaban J connectivity index is 1.63. The van der Waals surface area contributed by atoms with E-state index in [4.69, 9.17) is 4.74 Å². The molecule has 0 aliphatic heterocycles. The molecule has 0 spiro atoms. The molecule has 0 radical (unpaired) electrons. The number of rotatable bonds is 6. The van der Waals surface area contributed by atoms with Gasteiger partial charge in [-0.15, -0.1) is 0 Å². The van der Waals surface area contributed by atoms with Gasteiger partial charge in [-0.05, 0) is 61.3 Å². The van der Waals surface area contributed by atoms with Gasteiger partial charge in [-0.1, -0.05) is 13.8 Å². The number of carboxylic acid groups (broad SMARTS) is 1. The van der Waals surface area contributed by atoms with Crippen LogP contribution in [0.5, 0.6) is 0 Å². The first-order valence-electron chi connectivity index (χ1n) is 9.15. The Labute approximate surface area is 152 Å². The molecule has 2 aliphatic rings. The average molecular weight is 358 g/mol. The molecule has 1 amide bonds. The molecule has 6 nitrogen and oxygen atoms in total. The lowest BCUT2D eigenvalue weighted by Gasteiger charge is -2.30. The van der Waals surface area contributed by atoms with Crippen LogP contribution in [-0.2, 0) is 14.3 Å². The number of carbonyl (C=O) groups is 3. The highest BCUT2D eigenvalue weighted by atomic mass is 16.5. The van der Waals surface area contributed by atoms with Gasteiger partial charge in [-0.25, -0.2) is 4.79 Å². The summed E-state index contributed by atoms with van der Waals surface area (Å²) in [4.78, 5) is 36.0. The number of aliphatic carboxylic acids is 1. The van der Waals surface area contributed by atoms with Crippen LogP contribution in [-0.4, -0.2) is 24.5 Å². The van der Waals surface area contributed by atoms with Crippen molar-refractivity contribution < 1.29 is 24.2 Å². The first-order valence-corrected chi connectivity index (χ1v) is 9.15. The number of carboxylic acids is 1. The molecule has 1 aromatic rings. The fourth-order valence-corrected chi connectivity index (χ4v) is 4.25. The number of amides is 1. The first kappa shape index (κ1) is 18.4. The second kappa shape index (κ2) is 7.48. The minimum Gasteiger partial charge on any atom is -0.550 e. The van der Waals surface area contributed by atoms with Gasteiger partial charge in [0.25, 0.3) is 0 Å². The average Bonchev–Trinajstić information content (AvgIpc) is 3.21. The zero-order valence-corrected chi connectivity index (χ0v) is 15.1. The Kier molecular flexibility index (Phi) is 5.30. The van der Waals surface area contributed by atoms with E-state index in [-0.39, 0.29) is 23.7 Å². The fraction of sp³-hybridized carbons (Fsp3) is 0.550. The molecule has 1 N–H and O–H groups in total. The highest BCUT2D eigenvalue weighted by molar-refractivity contribution is 5.96. The monoisotopic (exact) mass is 358 g/mol. The summed E-state index contributed by atoms with van der Waals surface area (Å²) in [6, 6.07) is 6.45. The topological polar surface area (TPSA) is 95.5 Å². The van der Waals surface area contributed by atoms with E-state index in [1.807, 2.05) is 13.8 Å². The summed E-state index contributed by atoms with van der Waals surface area (Å²) in [6.07, 6.45) is 2.55. The maximum Gasteiger partial charge on any atom is 0.338 e. The largest absolute Gasteiger partial charge is 0.550 e. The number of hydrogen-bond donors (Lipinski definition) is 1. The van der Waals surface area contributed by atoms with E-state index in [2.05, 4.69) is 5.32 Å². The molecule has 2 bridgehead atoms. The van der Waals surface area contributed by atoms with Crippen molar-refractivity contribution in [1.82, 2.24) is 0 Å². The van der Waals surface area contributed by atoms with Crippen LogP contribution in [0, 0.1) is 29.6 Å². The van der Waals surface area contributed by atoms with Gasteiger partial charge >= 0.3 is 5.97 Å². The van der Waals surface area contributed by atoms with E-state index in [9.17, 15) is 19.5 Å². The highest BCUT2D eigenvalue weighted by Gasteiger charge is 2.51. The van der Waals surface area contributed by atoms with E-state index in [1.165, 1.54) is 0 Å². The van der Waals surface area contributed by atoms with Gasteiger partial charge in [0.1, 0.15) is 0 Å². The van der Waals surface area contributed by atoms with E-state index in [0.717, 1.165) is 19.3 Å². The maximum absolute atomic E-state index is 12.6. The minimum absolute atomic E-state index is 0.0545. The molecular weight excluding hydrogens is 334 g/mol. The van der Waals surface area contributed by atoms with Crippen LogP contribution in [0.1, 0.15) is 43.5 Å². The van der Waals surface area contributed by atoms with Crippen molar-refractivity contribution in [2.24, 2.45) is 29.6 Å². The van der Waals surface area contributed by atoms with Crippen molar-refractivity contribution in [2.45, 2.75) is 33.1 Å². The Morgan fingerprint density at radius 3 is 2.31 bits per heavy atom. The lowest BCUT2D eigenvalue weighted by Crippen LogP contribution is -2.43. The van der Waals surface area contributed by atoms with Crippen LogP contribution in [0.2, 0.25) is 0 Å². The van der Waals surface area contributed by atoms with Crippen LogP contribution < -0.4 is 10.4 Å². The molecule has 26 heavy (non-hydrogen) atoms. The third kappa shape index (κ3) is 3.74. The smallest absolute Gasteiger partial charge is 0.338 e. The summed E-state index contributed by atoms with van der Waals surface area (Å²) >= 11 is 0. The Morgan fingerprint density at radius 2 is 1.73 bits per heavy atom. The number of ether oxygens (including phenoxy) is 1. The van der Waals surface area contributed by atoms with Crippen molar-refractivity contribution in [1.29, 1.82) is 0 Å². The SMILES string of the molecule is CC(C)COC(=O)c1ccc(NC(=O)[C@H]2[C@H]3CC[C@@H](C3)[C@@H]2C(=O)[O-])cc1. The van der Waals surface area contributed by atoms with Gasteiger partial charge in [0, 0.05) is 23.5 Å². The molecule has 140 valence electrons. The number of carbonyl (C=O) groups excluding carboxylic acids is 3. The summed E-state index contributed by atoms with van der Waals surface area (Å²) in [5.41, 5.74) is 0.950. The van der Waals surface area contributed by atoms with Crippen LogP contribution in [0.15, 0.2) is 24.3 Å². The molecule has 0 saturated heterocycles. The number of hydrogen-bond acceptors (Lipinski definition) is 5. The molecule has 0 unspecified atom stereocenters. The maximum atomic E-state index is 12.6. The summed E-state index contributed by atoms with van der Waals surface area (Å²) in [5, 5.41) is 14.2.